The number of halogens is 1. The second kappa shape index (κ2) is 8.77. The highest BCUT2D eigenvalue weighted by Crippen LogP contribution is 2.22. The molecule has 1 aromatic carbocycles. The number of aromatic nitrogens is 3. The Morgan fingerprint density at radius 3 is 2.92 bits per heavy atom. The van der Waals surface area contributed by atoms with Crippen LogP contribution in [0, 0.1) is 12.8 Å². The van der Waals surface area contributed by atoms with Crippen molar-refractivity contribution in [1.82, 2.24) is 20.1 Å². The van der Waals surface area contributed by atoms with Crippen LogP contribution in [-0.2, 0) is 11.4 Å². The maximum absolute atomic E-state index is 12.3. The van der Waals surface area contributed by atoms with E-state index in [1.165, 1.54) is 11.8 Å². The highest BCUT2D eigenvalue weighted by Gasteiger charge is 2.20. The molecule has 1 amide bonds. The summed E-state index contributed by atoms with van der Waals surface area (Å²) < 4.78 is 5.70. The van der Waals surface area contributed by atoms with Crippen LogP contribution in [0.5, 0.6) is 5.75 Å². The quantitative estimate of drug-likeness (QED) is 0.756. The fraction of sp³-hybridized carbons (Fsp3) is 0.500. The van der Waals surface area contributed by atoms with Gasteiger partial charge in [-0.05, 0) is 49.4 Å². The molecule has 0 spiro atoms. The van der Waals surface area contributed by atoms with Gasteiger partial charge in [-0.2, -0.15) is 0 Å². The van der Waals surface area contributed by atoms with Crippen molar-refractivity contribution in [3.05, 3.63) is 34.6 Å². The van der Waals surface area contributed by atoms with Crippen LogP contribution in [0.1, 0.15) is 31.2 Å². The van der Waals surface area contributed by atoms with Crippen LogP contribution in [0.3, 0.4) is 0 Å². The molecule has 1 fully saturated rings. The number of nitrogens with one attached hydrogen (secondary N) is 1. The lowest BCUT2D eigenvalue weighted by Crippen LogP contribution is -2.38. The Labute approximate surface area is 162 Å². The number of likely N-dealkylation sites (tertiary alicyclic amines) is 1. The second-order valence-corrected chi connectivity index (χ2v) is 7.97. The van der Waals surface area contributed by atoms with Crippen LogP contribution in [0.25, 0.3) is 0 Å². The van der Waals surface area contributed by atoms with E-state index in [0.717, 1.165) is 37.2 Å². The maximum atomic E-state index is 12.3. The summed E-state index contributed by atoms with van der Waals surface area (Å²) in [5, 5.41) is 8.27. The number of hydrogen-bond acceptors (Lipinski definition) is 5. The minimum absolute atomic E-state index is 0.154. The molecule has 140 valence electrons. The van der Waals surface area contributed by atoms with Crippen molar-refractivity contribution in [2.24, 2.45) is 5.92 Å². The van der Waals surface area contributed by atoms with E-state index in [0.29, 0.717) is 27.7 Å². The van der Waals surface area contributed by atoms with Gasteiger partial charge < -0.3 is 9.64 Å². The van der Waals surface area contributed by atoms with E-state index in [1.807, 2.05) is 24.0 Å². The molecule has 0 saturated carbocycles. The fourth-order valence-electron chi connectivity index (χ4n) is 2.74. The lowest BCUT2D eigenvalue weighted by Gasteiger charge is -2.30. The number of hydrogen-bond donors (Lipinski definition) is 1. The smallest absolute Gasteiger partial charge is 0.233 e. The third kappa shape index (κ3) is 5.14. The molecule has 1 N–H and O–H groups in total. The molecule has 3 rings (SSSR count). The number of H-pyrrole nitrogens is 1. The summed E-state index contributed by atoms with van der Waals surface area (Å²) in [5.74, 6) is 2.59. The third-order valence-corrected chi connectivity index (χ3v) is 5.73. The predicted octanol–water partition coefficient (Wildman–Crippen LogP) is 3.70. The van der Waals surface area contributed by atoms with Gasteiger partial charge in [0.15, 0.2) is 5.82 Å². The second-order valence-electron chi connectivity index (χ2n) is 6.62. The average Bonchev–Trinajstić information content (AvgIpc) is 3.09. The third-order valence-electron chi connectivity index (χ3n) is 4.48. The zero-order valence-electron chi connectivity index (χ0n) is 15.0. The van der Waals surface area contributed by atoms with Gasteiger partial charge in [0.05, 0.1) is 5.75 Å². The Morgan fingerprint density at radius 2 is 2.19 bits per heavy atom. The normalized spacial score (nSPS) is 15.3. The highest BCUT2D eigenvalue weighted by molar-refractivity contribution is 7.99. The van der Waals surface area contributed by atoms with Crippen molar-refractivity contribution in [1.29, 1.82) is 0 Å². The molecule has 1 aliphatic heterocycles. The van der Waals surface area contributed by atoms with Crippen molar-refractivity contribution in [3.63, 3.8) is 0 Å². The van der Waals surface area contributed by atoms with E-state index in [9.17, 15) is 4.79 Å². The van der Waals surface area contributed by atoms with Crippen LogP contribution in [0.15, 0.2) is 23.4 Å². The van der Waals surface area contributed by atoms with E-state index in [1.54, 1.807) is 6.07 Å². The van der Waals surface area contributed by atoms with Gasteiger partial charge in [-0.25, -0.2) is 4.98 Å². The minimum Gasteiger partial charge on any atom is -0.486 e. The fourth-order valence-corrected chi connectivity index (χ4v) is 3.58. The number of carbonyl (C=O) groups excluding carboxylic acids is 1. The zero-order chi connectivity index (χ0) is 18.5. The Kier molecular flexibility index (Phi) is 6.43. The van der Waals surface area contributed by atoms with E-state index < -0.39 is 0 Å². The van der Waals surface area contributed by atoms with Gasteiger partial charge in [0.1, 0.15) is 12.4 Å². The van der Waals surface area contributed by atoms with Gasteiger partial charge in [-0.15, -0.1) is 5.10 Å². The van der Waals surface area contributed by atoms with E-state index >= 15 is 0 Å². The first-order chi connectivity index (χ1) is 12.5. The van der Waals surface area contributed by atoms with Crippen molar-refractivity contribution in [2.75, 3.05) is 18.8 Å². The molecule has 8 heteroatoms. The van der Waals surface area contributed by atoms with Crippen molar-refractivity contribution in [3.8, 4) is 5.75 Å². The molecular weight excluding hydrogens is 372 g/mol. The Morgan fingerprint density at radius 1 is 1.42 bits per heavy atom. The summed E-state index contributed by atoms with van der Waals surface area (Å²) >= 11 is 7.36. The molecule has 0 unspecified atom stereocenters. The SMILES string of the molecule is Cc1cc(OCc2nc(SCC(=O)N3CCC(C)CC3)n[nH]2)ccc1Cl. The molecule has 2 aromatic rings. The lowest BCUT2D eigenvalue weighted by molar-refractivity contribution is -0.129. The number of aryl methyl sites for hydroxylation is 1. The minimum atomic E-state index is 0.154. The van der Waals surface area contributed by atoms with Crippen LogP contribution >= 0.6 is 23.4 Å². The van der Waals surface area contributed by atoms with E-state index in [-0.39, 0.29) is 12.5 Å². The first-order valence-corrected chi connectivity index (χ1v) is 10.1. The molecular formula is C18H23ClN4O2S. The summed E-state index contributed by atoms with van der Waals surface area (Å²) in [6.07, 6.45) is 2.17. The van der Waals surface area contributed by atoms with Crippen LogP contribution in [-0.4, -0.2) is 44.8 Å². The summed E-state index contributed by atoms with van der Waals surface area (Å²) in [5.41, 5.74) is 0.962. The average molecular weight is 395 g/mol. The Hall–Kier alpha value is -1.73. The van der Waals surface area contributed by atoms with Gasteiger partial charge in [0, 0.05) is 18.1 Å². The Bertz CT molecular complexity index is 759. The molecule has 26 heavy (non-hydrogen) atoms. The number of nitrogens with zero attached hydrogens (tertiary/aromatic N) is 3. The topological polar surface area (TPSA) is 71.1 Å². The summed E-state index contributed by atoms with van der Waals surface area (Å²) in [4.78, 5) is 18.6. The number of carbonyl (C=O) groups is 1. The Balaban J connectivity index is 1.45. The van der Waals surface area contributed by atoms with Gasteiger partial charge in [0.25, 0.3) is 0 Å². The number of piperidine rings is 1. The monoisotopic (exact) mass is 394 g/mol. The van der Waals surface area contributed by atoms with Crippen LogP contribution in [0.2, 0.25) is 5.02 Å². The number of amides is 1. The number of rotatable bonds is 6. The molecule has 1 aromatic heterocycles. The van der Waals surface area contributed by atoms with Gasteiger partial charge >= 0.3 is 0 Å². The van der Waals surface area contributed by atoms with Crippen molar-refractivity contribution < 1.29 is 9.53 Å². The van der Waals surface area contributed by atoms with E-state index in [2.05, 4.69) is 22.1 Å². The lowest BCUT2D eigenvalue weighted by atomic mass is 9.99. The number of thioether (sulfide) groups is 1. The molecule has 2 heterocycles. The number of benzene rings is 1. The molecule has 1 saturated heterocycles. The summed E-state index contributed by atoms with van der Waals surface area (Å²) in [7, 11) is 0. The van der Waals surface area contributed by atoms with Crippen molar-refractivity contribution in [2.45, 2.75) is 38.5 Å². The first kappa shape index (κ1) is 19.0. The predicted molar refractivity (Wildman–Crippen MR) is 103 cm³/mol. The standard InChI is InChI=1S/C18H23ClN4O2S/c1-12-5-7-23(8-6-12)17(24)11-26-18-20-16(21-22-18)10-25-14-3-4-15(19)13(2)9-14/h3-4,9,12H,5-8,10-11H2,1-2H3,(H,20,21,22). The highest BCUT2D eigenvalue weighted by atomic mass is 35.5. The summed E-state index contributed by atoms with van der Waals surface area (Å²) in [6.45, 7) is 6.16. The largest absolute Gasteiger partial charge is 0.486 e. The molecule has 6 nitrogen and oxygen atoms in total. The van der Waals surface area contributed by atoms with E-state index in [4.69, 9.17) is 16.3 Å². The number of aromatic amines is 1. The molecule has 0 radical (unpaired) electrons. The van der Waals surface area contributed by atoms with Gasteiger partial charge in [-0.3, -0.25) is 9.89 Å². The molecule has 1 aliphatic rings. The maximum Gasteiger partial charge on any atom is 0.233 e. The molecule has 0 atom stereocenters. The number of ether oxygens (including phenoxy) is 1. The summed E-state index contributed by atoms with van der Waals surface area (Å²) in [6, 6.07) is 5.51. The van der Waals surface area contributed by atoms with Gasteiger partial charge in [0.2, 0.25) is 11.1 Å². The van der Waals surface area contributed by atoms with Crippen LogP contribution < -0.4 is 4.74 Å². The van der Waals surface area contributed by atoms with Gasteiger partial charge in [-0.1, -0.05) is 30.3 Å². The molecule has 0 bridgehead atoms. The molecule has 0 aliphatic carbocycles. The van der Waals surface area contributed by atoms with Crippen molar-refractivity contribution >= 4 is 29.3 Å². The first-order valence-electron chi connectivity index (χ1n) is 8.72. The zero-order valence-corrected chi connectivity index (χ0v) is 16.6. The van der Waals surface area contributed by atoms with Crippen LogP contribution in [0.4, 0.5) is 0 Å².